The van der Waals surface area contributed by atoms with Gasteiger partial charge in [-0.3, -0.25) is 14.6 Å². The molecule has 3 heterocycles. The summed E-state index contributed by atoms with van der Waals surface area (Å²) in [6, 6.07) is 3.69. The first-order valence-electron chi connectivity index (χ1n) is 11.1. The van der Waals surface area contributed by atoms with E-state index in [1.807, 2.05) is 30.8 Å². The number of aryl methyl sites for hydroxylation is 2. The van der Waals surface area contributed by atoms with E-state index in [0.29, 0.717) is 28.5 Å². The van der Waals surface area contributed by atoms with Gasteiger partial charge in [0.1, 0.15) is 5.52 Å². The molecular formula is C24H29FN6. The zero-order chi connectivity index (χ0) is 21.5. The molecule has 6 nitrogen and oxygen atoms in total. The molecule has 1 aliphatic heterocycles. The van der Waals surface area contributed by atoms with E-state index in [4.69, 9.17) is 5.73 Å². The first-order chi connectivity index (χ1) is 15.0. The van der Waals surface area contributed by atoms with Crippen LogP contribution in [0.4, 0.5) is 4.39 Å². The van der Waals surface area contributed by atoms with Crippen LogP contribution < -0.4 is 5.73 Å². The molecule has 31 heavy (non-hydrogen) atoms. The maximum absolute atomic E-state index is 14.9. The largest absolute Gasteiger partial charge is 0.398 e. The van der Waals surface area contributed by atoms with Crippen LogP contribution in [-0.4, -0.2) is 44.3 Å². The summed E-state index contributed by atoms with van der Waals surface area (Å²) in [6.45, 7) is 7.22. The summed E-state index contributed by atoms with van der Waals surface area (Å²) in [5.74, 6) is 0.574. The summed E-state index contributed by atoms with van der Waals surface area (Å²) < 4.78 is 16.8. The Kier molecular flexibility index (Phi) is 5.22. The van der Waals surface area contributed by atoms with Crippen LogP contribution in [0.3, 0.4) is 0 Å². The lowest BCUT2D eigenvalue weighted by Gasteiger charge is -2.32. The van der Waals surface area contributed by atoms with Crippen LogP contribution in [0.1, 0.15) is 54.4 Å². The fraction of sp³-hybridized carbons (Fsp3) is 0.458. The third kappa shape index (κ3) is 4.32. The van der Waals surface area contributed by atoms with Gasteiger partial charge in [0.05, 0.1) is 23.1 Å². The van der Waals surface area contributed by atoms with Crippen LogP contribution >= 0.6 is 0 Å². The van der Waals surface area contributed by atoms with Gasteiger partial charge in [-0.05, 0) is 63.7 Å². The Balaban J connectivity index is 1.37. The monoisotopic (exact) mass is 420 g/mol. The number of piperidine rings is 1. The van der Waals surface area contributed by atoms with Gasteiger partial charge < -0.3 is 10.6 Å². The standard InChI is InChI=1S/C24H29FN6/c1-15-12-27-23(16(2)28-15)11-22(26)18-9-19-14-31(29-24(19)21(25)10-18)20-5-7-30(8-6-20)13-17-3-4-17/h9-12,14,17,20H,3-8,13,26H2,1-2H3/b22-11-. The van der Waals surface area contributed by atoms with Gasteiger partial charge in [0.2, 0.25) is 0 Å². The van der Waals surface area contributed by atoms with E-state index in [-0.39, 0.29) is 5.82 Å². The zero-order valence-corrected chi connectivity index (χ0v) is 18.2. The molecule has 5 rings (SSSR count). The molecule has 3 aromatic rings. The molecule has 162 valence electrons. The zero-order valence-electron chi connectivity index (χ0n) is 18.2. The SMILES string of the molecule is Cc1cnc(/C=C(\N)c2cc(F)c3nn(C4CCN(CC5CC5)CC4)cc3c2)c(C)n1. The van der Waals surface area contributed by atoms with Gasteiger partial charge in [-0.1, -0.05) is 0 Å². The number of hydrogen-bond donors (Lipinski definition) is 1. The van der Waals surface area contributed by atoms with Gasteiger partial charge >= 0.3 is 0 Å². The van der Waals surface area contributed by atoms with Gasteiger partial charge in [0.25, 0.3) is 0 Å². The summed E-state index contributed by atoms with van der Waals surface area (Å²) in [5, 5.41) is 5.36. The Hall–Kier alpha value is -2.80. The van der Waals surface area contributed by atoms with Crippen molar-refractivity contribution in [3.05, 3.63) is 53.0 Å². The lowest BCUT2D eigenvalue weighted by atomic mass is 10.0. The number of rotatable bonds is 5. The molecule has 0 amide bonds. The number of aromatic nitrogens is 4. The third-order valence-corrected chi connectivity index (χ3v) is 6.46. The minimum absolute atomic E-state index is 0.323. The highest BCUT2D eigenvalue weighted by Gasteiger charge is 2.28. The minimum atomic E-state index is -0.347. The lowest BCUT2D eigenvalue weighted by molar-refractivity contribution is 0.174. The van der Waals surface area contributed by atoms with E-state index in [2.05, 4.69) is 20.0 Å². The summed E-state index contributed by atoms with van der Waals surface area (Å²) in [6.07, 6.45) is 10.3. The number of hydrogen-bond acceptors (Lipinski definition) is 5. The Morgan fingerprint density at radius 2 is 1.97 bits per heavy atom. The van der Waals surface area contributed by atoms with Crippen LogP contribution in [-0.2, 0) is 0 Å². The summed E-state index contributed by atoms with van der Waals surface area (Å²) in [4.78, 5) is 11.4. The highest BCUT2D eigenvalue weighted by atomic mass is 19.1. The third-order valence-electron chi connectivity index (χ3n) is 6.46. The van der Waals surface area contributed by atoms with Gasteiger partial charge in [0.15, 0.2) is 5.82 Å². The topological polar surface area (TPSA) is 72.9 Å². The fourth-order valence-electron chi connectivity index (χ4n) is 4.48. The number of halogens is 1. The summed E-state index contributed by atoms with van der Waals surface area (Å²) in [5.41, 5.74) is 10.1. The van der Waals surface area contributed by atoms with Crippen LogP contribution in [0.15, 0.2) is 24.5 Å². The first-order valence-corrected chi connectivity index (χ1v) is 11.1. The van der Waals surface area contributed by atoms with Crippen molar-refractivity contribution in [1.29, 1.82) is 0 Å². The van der Waals surface area contributed by atoms with Crippen LogP contribution in [0.25, 0.3) is 22.7 Å². The highest BCUT2D eigenvalue weighted by Crippen LogP contribution is 2.32. The van der Waals surface area contributed by atoms with Gasteiger partial charge in [-0.15, -0.1) is 0 Å². The summed E-state index contributed by atoms with van der Waals surface area (Å²) >= 11 is 0. The number of benzene rings is 1. The molecule has 0 bridgehead atoms. The van der Waals surface area contributed by atoms with E-state index in [9.17, 15) is 4.39 Å². The molecular weight excluding hydrogens is 391 g/mol. The van der Waals surface area contributed by atoms with Gasteiger partial charge in [-0.25, -0.2) is 4.39 Å². The minimum Gasteiger partial charge on any atom is -0.398 e. The predicted octanol–water partition coefficient (Wildman–Crippen LogP) is 4.09. The normalized spacial score (nSPS) is 18.7. The van der Waals surface area contributed by atoms with E-state index in [0.717, 1.165) is 48.6 Å². The molecule has 2 aromatic heterocycles. The molecule has 2 fully saturated rings. The molecule has 1 aromatic carbocycles. The Morgan fingerprint density at radius 1 is 1.19 bits per heavy atom. The highest BCUT2D eigenvalue weighted by molar-refractivity contribution is 5.87. The van der Waals surface area contributed by atoms with Crippen molar-refractivity contribution in [3.8, 4) is 0 Å². The second-order valence-electron chi connectivity index (χ2n) is 9.06. The molecule has 2 N–H and O–H groups in total. The molecule has 0 atom stereocenters. The van der Waals surface area contributed by atoms with Crippen molar-refractivity contribution >= 4 is 22.7 Å². The maximum atomic E-state index is 14.9. The quantitative estimate of drug-likeness (QED) is 0.673. The molecule has 1 aliphatic carbocycles. The molecule has 7 heteroatoms. The van der Waals surface area contributed by atoms with Gasteiger partial charge in [0, 0.05) is 48.7 Å². The maximum Gasteiger partial charge on any atom is 0.151 e. The molecule has 1 saturated carbocycles. The van der Waals surface area contributed by atoms with E-state index >= 15 is 0 Å². The summed E-state index contributed by atoms with van der Waals surface area (Å²) in [7, 11) is 0. The Bertz CT molecular complexity index is 1140. The smallest absolute Gasteiger partial charge is 0.151 e. The van der Waals surface area contributed by atoms with E-state index in [1.54, 1.807) is 12.3 Å². The number of nitrogens with zero attached hydrogens (tertiary/aromatic N) is 5. The Labute approximate surface area is 182 Å². The van der Waals surface area contributed by atoms with Crippen molar-refractivity contribution in [2.45, 2.75) is 45.6 Å². The molecule has 2 aliphatic rings. The number of likely N-dealkylation sites (tertiary alicyclic amines) is 1. The van der Waals surface area contributed by atoms with Crippen molar-refractivity contribution < 1.29 is 4.39 Å². The number of nitrogens with two attached hydrogens (primary N) is 1. The fourth-order valence-corrected chi connectivity index (χ4v) is 4.48. The first kappa shape index (κ1) is 20.1. The molecule has 0 spiro atoms. The van der Waals surface area contributed by atoms with Crippen molar-refractivity contribution in [1.82, 2.24) is 24.6 Å². The second-order valence-corrected chi connectivity index (χ2v) is 9.06. The van der Waals surface area contributed by atoms with Crippen LogP contribution in [0, 0.1) is 25.6 Å². The van der Waals surface area contributed by atoms with Crippen molar-refractivity contribution in [3.63, 3.8) is 0 Å². The average Bonchev–Trinajstić information content (AvgIpc) is 3.45. The number of fused-ring (bicyclic) bond motifs is 1. The lowest BCUT2D eigenvalue weighted by Crippen LogP contribution is -2.36. The second kappa shape index (κ2) is 8.04. The molecule has 1 saturated heterocycles. The average molecular weight is 421 g/mol. The molecule has 0 unspecified atom stereocenters. The Morgan fingerprint density at radius 3 is 2.68 bits per heavy atom. The van der Waals surface area contributed by atoms with Crippen molar-refractivity contribution in [2.24, 2.45) is 11.7 Å². The van der Waals surface area contributed by atoms with Crippen LogP contribution in [0.5, 0.6) is 0 Å². The van der Waals surface area contributed by atoms with Crippen molar-refractivity contribution in [2.75, 3.05) is 19.6 Å². The molecule has 0 radical (unpaired) electrons. The van der Waals surface area contributed by atoms with E-state index < -0.39 is 0 Å². The van der Waals surface area contributed by atoms with Crippen LogP contribution in [0.2, 0.25) is 0 Å². The predicted molar refractivity (Wildman–Crippen MR) is 121 cm³/mol. The van der Waals surface area contributed by atoms with E-state index in [1.165, 1.54) is 25.5 Å². The van der Waals surface area contributed by atoms with Gasteiger partial charge in [-0.2, -0.15) is 5.10 Å².